The second-order valence-corrected chi connectivity index (χ2v) is 7.42. The Balaban J connectivity index is 1.94. The lowest BCUT2D eigenvalue weighted by atomic mass is 10.1. The smallest absolute Gasteiger partial charge is 0.0965 e. The normalized spacial score (nSPS) is 23.4. The number of hydrogen-bond acceptors (Lipinski definition) is 3. The van der Waals surface area contributed by atoms with Crippen molar-refractivity contribution in [2.24, 2.45) is 5.41 Å². The molecule has 0 amide bonds. The molecular formula is C13H22N2S. The summed E-state index contributed by atoms with van der Waals surface area (Å²) in [6, 6.07) is 0. The molecule has 0 aliphatic heterocycles. The number of nitrogens with zero attached hydrogens (tertiary/aromatic N) is 1. The Kier molecular flexibility index (Phi) is 2.87. The Hall–Kier alpha value is -0.410. The minimum atomic E-state index is 0.169. The Labute approximate surface area is 102 Å². The first-order chi connectivity index (χ1) is 7.28. The highest BCUT2D eigenvalue weighted by molar-refractivity contribution is 7.09. The predicted molar refractivity (Wildman–Crippen MR) is 69.8 cm³/mol. The summed E-state index contributed by atoms with van der Waals surface area (Å²) in [5.74, 6) is 0.709. The van der Waals surface area contributed by atoms with Crippen molar-refractivity contribution in [3.05, 3.63) is 16.1 Å². The van der Waals surface area contributed by atoms with Gasteiger partial charge in [0.2, 0.25) is 0 Å². The van der Waals surface area contributed by atoms with E-state index in [0.29, 0.717) is 11.3 Å². The Bertz CT molecular complexity index is 374. The summed E-state index contributed by atoms with van der Waals surface area (Å²) in [5, 5.41) is 7.00. The van der Waals surface area contributed by atoms with Gasteiger partial charge in [-0.3, -0.25) is 0 Å². The molecule has 1 atom stereocenters. The van der Waals surface area contributed by atoms with Crippen LogP contribution in [0.15, 0.2) is 5.38 Å². The van der Waals surface area contributed by atoms with Crippen LogP contribution in [-0.4, -0.2) is 10.5 Å². The monoisotopic (exact) mass is 238 g/mol. The molecule has 1 aliphatic carbocycles. The van der Waals surface area contributed by atoms with Crippen molar-refractivity contribution in [1.82, 2.24) is 10.3 Å². The number of nitrogens with one attached hydrogen (secondary N) is 1. The standard InChI is InChI=1S/C13H22N2S/c1-12(2,3)14-7-9-8-16-11(15-9)10-6-13(10,4)5/h8,10,14H,6-7H2,1-5H3. The topological polar surface area (TPSA) is 24.9 Å². The average Bonchev–Trinajstić information content (AvgIpc) is 2.62. The molecular weight excluding hydrogens is 216 g/mol. The maximum absolute atomic E-state index is 4.73. The molecule has 1 aromatic heterocycles. The van der Waals surface area contributed by atoms with Crippen LogP contribution < -0.4 is 5.32 Å². The van der Waals surface area contributed by atoms with Crippen LogP contribution in [0.25, 0.3) is 0 Å². The summed E-state index contributed by atoms with van der Waals surface area (Å²) in [6.07, 6.45) is 1.30. The minimum Gasteiger partial charge on any atom is -0.306 e. The van der Waals surface area contributed by atoms with Crippen LogP contribution in [0.1, 0.15) is 57.7 Å². The van der Waals surface area contributed by atoms with Gasteiger partial charge in [-0.05, 0) is 32.6 Å². The first kappa shape index (κ1) is 12.1. The van der Waals surface area contributed by atoms with Gasteiger partial charge in [-0.15, -0.1) is 11.3 Å². The molecule has 3 heteroatoms. The van der Waals surface area contributed by atoms with Gasteiger partial charge in [-0.2, -0.15) is 0 Å². The summed E-state index contributed by atoms with van der Waals surface area (Å²) in [5.41, 5.74) is 1.85. The number of thiazole rings is 1. The lowest BCUT2D eigenvalue weighted by Gasteiger charge is -2.19. The van der Waals surface area contributed by atoms with Crippen molar-refractivity contribution < 1.29 is 0 Å². The molecule has 0 saturated heterocycles. The SMILES string of the molecule is CC(C)(C)NCc1csc(C2CC2(C)C)n1. The van der Waals surface area contributed by atoms with E-state index >= 15 is 0 Å². The second-order valence-electron chi connectivity index (χ2n) is 6.53. The summed E-state index contributed by atoms with van der Waals surface area (Å²) in [4.78, 5) is 4.73. The van der Waals surface area contributed by atoms with E-state index in [1.54, 1.807) is 0 Å². The zero-order valence-corrected chi connectivity index (χ0v) is 11.7. The van der Waals surface area contributed by atoms with Crippen molar-refractivity contribution in [3.8, 4) is 0 Å². The second kappa shape index (κ2) is 3.81. The van der Waals surface area contributed by atoms with Crippen LogP contribution in [-0.2, 0) is 6.54 Å². The van der Waals surface area contributed by atoms with E-state index in [4.69, 9.17) is 4.98 Å². The van der Waals surface area contributed by atoms with Gasteiger partial charge in [0.15, 0.2) is 0 Å². The third-order valence-electron chi connectivity index (χ3n) is 3.18. The fourth-order valence-corrected chi connectivity index (χ4v) is 2.94. The summed E-state index contributed by atoms with van der Waals surface area (Å²) >= 11 is 1.82. The van der Waals surface area contributed by atoms with Crippen LogP contribution in [0, 0.1) is 5.41 Å². The average molecular weight is 238 g/mol. The van der Waals surface area contributed by atoms with Gasteiger partial charge < -0.3 is 5.32 Å². The molecule has 1 N–H and O–H groups in total. The molecule has 2 rings (SSSR count). The van der Waals surface area contributed by atoms with Gasteiger partial charge in [0.1, 0.15) is 0 Å². The third kappa shape index (κ3) is 2.83. The Morgan fingerprint density at radius 3 is 2.62 bits per heavy atom. The van der Waals surface area contributed by atoms with Gasteiger partial charge in [0.25, 0.3) is 0 Å². The van der Waals surface area contributed by atoms with Crippen LogP contribution >= 0.6 is 11.3 Å². The molecule has 1 aliphatic rings. The summed E-state index contributed by atoms with van der Waals surface area (Å²) < 4.78 is 0. The van der Waals surface area contributed by atoms with Crippen molar-refractivity contribution in [1.29, 1.82) is 0 Å². The van der Waals surface area contributed by atoms with Gasteiger partial charge >= 0.3 is 0 Å². The maximum Gasteiger partial charge on any atom is 0.0965 e. The molecule has 0 bridgehead atoms. The highest BCUT2D eigenvalue weighted by Gasteiger charge is 2.48. The molecule has 1 unspecified atom stereocenters. The van der Waals surface area contributed by atoms with E-state index in [2.05, 4.69) is 45.3 Å². The molecule has 1 fully saturated rings. The van der Waals surface area contributed by atoms with Crippen molar-refractivity contribution >= 4 is 11.3 Å². The molecule has 1 saturated carbocycles. The lowest BCUT2D eigenvalue weighted by molar-refractivity contribution is 0.421. The first-order valence-electron chi connectivity index (χ1n) is 5.97. The zero-order valence-electron chi connectivity index (χ0n) is 10.9. The highest BCUT2D eigenvalue weighted by atomic mass is 32.1. The predicted octanol–water partition coefficient (Wildman–Crippen LogP) is 3.54. The van der Waals surface area contributed by atoms with E-state index in [1.165, 1.54) is 17.1 Å². The van der Waals surface area contributed by atoms with Crippen LogP contribution in [0.2, 0.25) is 0 Å². The van der Waals surface area contributed by atoms with Gasteiger partial charge in [-0.1, -0.05) is 13.8 Å². The molecule has 2 nitrogen and oxygen atoms in total. The summed E-state index contributed by atoms with van der Waals surface area (Å²) in [6.45, 7) is 12.1. The van der Waals surface area contributed by atoms with E-state index < -0.39 is 0 Å². The number of hydrogen-bond donors (Lipinski definition) is 1. The fourth-order valence-electron chi connectivity index (χ4n) is 1.81. The highest BCUT2D eigenvalue weighted by Crippen LogP contribution is 2.59. The van der Waals surface area contributed by atoms with E-state index in [-0.39, 0.29) is 5.54 Å². The van der Waals surface area contributed by atoms with Crippen molar-refractivity contribution in [3.63, 3.8) is 0 Å². The molecule has 90 valence electrons. The number of aromatic nitrogens is 1. The van der Waals surface area contributed by atoms with E-state index in [1.807, 2.05) is 11.3 Å². The largest absolute Gasteiger partial charge is 0.306 e. The molecule has 0 radical (unpaired) electrons. The molecule has 0 spiro atoms. The van der Waals surface area contributed by atoms with Crippen molar-refractivity contribution in [2.45, 2.75) is 59.0 Å². The van der Waals surface area contributed by atoms with E-state index in [9.17, 15) is 0 Å². The van der Waals surface area contributed by atoms with Crippen LogP contribution in [0.5, 0.6) is 0 Å². The van der Waals surface area contributed by atoms with Gasteiger partial charge in [0.05, 0.1) is 10.7 Å². The lowest BCUT2D eigenvalue weighted by Crippen LogP contribution is -2.35. The zero-order chi connectivity index (χ0) is 12.0. The van der Waals surface area contributed by atoms with Gasteiger partial charge in [0, 0.05) is 23.4 Å². The molecule has 0 aromatic carbocycles. The van der Waals surface area contributed by atoms with Gasteiger partial charge in [-0.25, -0.2) is 4.98 Å². The summed E-state index contributed by atoms with van der Waals surface area (Å²) in [7, 11) is 0. The quantitative estimate of drug-likeness (QED) is 0.871. The minimum absolute atomic E-state index is 0.169. The first-order valence-corrected chi connectivity index (χ1v) is 6.85. The molecule has 16 heavy (non-hydrogen) atoms. The Morgan fingerprint density at radius 2 is 2.12 bits per heavy atom. The van der Waals surface area contributed by atoms with Crippen molar-refractivity contribution in [2.75, 3.05) is 0 Å². The maximum atomic E-state index is 4.73. The number of rotatable bonds is 3. The van der Waals surface area contributed by atoms with Crippen LogP contribution in [0.4, 0.5) is 0 Å². The van der Waals surface area contributed by atoms with E-state index in [0.717, 1.165) is 6.54 Å². The Morgan fingerprint density at radius 1 is 1.50 bits per heavy atom. The van der Waals surface area contributed by atoms with Crippen LogP contribution in [0.3, 0.4) is 0 Å². The third-order valence-corrected chi connectivity index (χ3v) is 4.19. The fraction of sp³-hybridized carbons (Fsp3) is 0.769. The molecule has 1 heterocycles. The molecule has 1 aromatic rings.